The molecule has 0 aliphatic heterocycles. The number of carbonyl (C=O) groups excluding carboxylic acids is 3. The van der Waals surface area contributed by atoms with Crippen molar-refractivity contribution in [1.29, 1.82) is 0 Å². The zero-order valence-electron chi connectivity index (χ0n) is 22.7. The largest absolute Gasteiger partial charge is 0.464 e. The Morgan fingerprint density at radius 3 is 2.51 bits per heavy atom. The molecule has 3 rings (SSSR count). The molecule has 4 N–H and O–H groups in total. The molecule has 0 spiro atoms. The number of nitrogens with one attached hydrogen (secondary N) is 1. The molecule has 0 aliphatic carbocycles. The number of rotatable bonds is 13. The van der Waals surface area contributed by atoms with Crippen LogP contribution in [0.3, 0.4) is 0 Å². The van der Waals surface area contributed by atoms with Crippen molar-refractivity contribution in [3.05, 3.63) is 64.7 Å². The quantitative estimate of drug-likeness (QED) is 0.195. The van der Waals surface area contributed by atoms with Crippen molar-refractivity contribution in [2.75, 3.05) is 13.2 Å². The lowest BCUT2D eigenvalue weighted by Crippen LogP contribution is -2.48. The Kier molecular flexibility index (Phi) is 11.2. The number of aliphatic hydroxyl groups excluding tert-OH is 1. The summed E-state index contributed by atoms with van der Waals surface area (Å²) >= 11 is 6.01. The van der Waals surface area contributed by atoms with E-state index < -0.39 is 42.5 Å². The summed E-state index contributed by atoms with van der Waals surface area (Å²) in [5, 5.41) is 22.8. The van der Waals surface area contributed by atoms with Crippen molar-refractivity contribution in [3.8, 4) is 11.1 Å². The number of ether oxygens (including phenoxy) is 2. The van der Waals surface area contributed by atoms with Crippen molar-refractivity contribution in [2.45, 2.75) is 46.2 Å². The monoisotopic (exact) mass is 591 g/mol. The first-order valence-electron chi connectivity index (χ1n) is 12.6. The van der Waals surface area contributed by atoms with Crippen LogP contribution in [0, 0.1) is 11.7 Å². The molecular formula is C26H31ClFN7O6. The number of hydrogen-bond donors (Lipinski definition) is 3. The lowest BCUT2D eigenvalue weighted by molar-refractivity contribution is -0.154. The van der Waals surface area contributed by atoms with Crippen LogP contribution in [-0.4, -0.2) is 73.5 Å². The number of halogens is 2. The van der Waals surface area contributed by atoms with Gasteiger partial charge < -0.3 is 20.3 Å². The minimum atomic E-state index is -1.59. The standard InChI is InChI=1S/C26H31ClFN7O6/c1-4-40-25(38)21(36)13-34(12-16-5-7-17(8-6-16)19-11-18(27)9-10-20(19)28)31-24(37)23-30-32-33-35(23)14-41-26(39)22(29)15(2)3/h5-11,15,21-22,36H,4,12-14,29H2,1-3H3,(H,31,37)/t21-,22?/m1/s1. The second kappa shape index (κ2) is 14.6. The van der Waals surface area contributed by atoms with Crippen LogP contribution < -0.4 is 11.2 Å². The molecule has 220 valence electrons. The molecule has 0 aliphatic rings. The number of benzene rings is 2. The Bertz CT molecular complexity index is 1350. The van der Waals surface area contributed by atoms with Gasteiger partial charge in [-0.1, -0.05) is 49.7 Å². The van der Waals surface area contributed by atoms with Crippen LogP contribution in [-0.2, 0) is 32.3 Å². The first-order chi connectivity index (χ1) is 19.5. The Morgan fingerprint density at radius 2 is 1.85 bits per heavy atom. The molecule has 15 heteroatoms. The van der Waals surface area contributed by atoms with Gasteiger partial charge in [-0.25, -0.2) is 14.2 Å². The number of hydrogen-bond acceptors (Lipinski definition) is 11. The lowest BCUT2D eigenvalue weighted by atomic mass is 10.0. The highest BCUT2D eigenvalue weighted by molar-refractivity contribution is 6.30. The third kappa shape index (κ3) is 8.75. The second-order valence-corrected chi connectivity index (χ2v) is 9.71. The van der Waals surface area contributed by atoms with Gasteiger partial charge in [-0.05, 0) is 52.6 Å². The maximum atomic E-state index is 14.3. The highest BCUT2D eigenvalue weighted by Crippen LogP contribution is 2.26. The second-order valence-electron chi connectivity index (χ2n) is 9.27. The number of amides is 1. The lowest BCUT2D eigenvalue weighted by Gasteiger charge is -2.25. The number of nitrogens with two attached hydrogens (primary N) is 1. The number of aromatic nitrogens is 4. The molecule has 0 bridgehead atoms. The molecule has 0 fully saturated rings. The number of nitrogens with zero attached hydrogens (tertiary/aromatic N) is 5. The highest BCUT2D eigenvalue weighted by Gasteiger charge is 2.25. The van der Waals surface area contributed by atoms with Gasteiger partial charge in [0.05, 0.1) is 13.2 Å². The van der Waals surface area contributed by atoms with E-state index in [2.05, 4.69) is 21.0 Å². The van der Waals surface area contributed by atoms with E-state index in [1.807, 2.05) is 0 Å². The number of carbonyl (C=O) groups is 3. The average molecular weight is 592 g/mol. The van der Waals surface area contributed by atoms with E-state index in [4.69, 9.17) is 26.8 Å². The molecule has 2 atom stereocenters. The van der Waals surface area contributed by atoms with Gasteiger partial charge in [0, 0.05) is 17.1 Å². The zero-order valence-corrected chi connectivity index (χ0v) is 23.4. The molecule has 1 heterocycles. The molecular weight excluding hydrogens is 561 g/mol. The van der Waals surface area contributed by atoms with E-state index in [9.17, 15) is 23.9 Å². The van der Waals surface area contributed by atoms with Crippen LogP contribution in [0.25, 0.3) is 11.1 Å². The van der Waals surface area contributed by atoms with E-state index in [-0.39, 0.29) is 31.4 Å². The molecule has 1 unspecified atom stereocenters. The van der Waals surface area contributed by atoms with Gasteiger partial charge in [0.25, 0.3) is 0 Å². The Hall–Kier alpha value is -3.98. The fraction of sp³-hybridized carbons (Fsp3) is 0.385. The predicted molar refractivity (Wildman–Crippen MR) is 144 cm³/mol. The van der Waals surface area contributed by atoms with Gasteiger partial charge in [-0.2, -0.15) is 4.68 Å². The van der Waals surface area contributed by atoms with Gasteiger partial charge >= 0.3 is 17.8 Å². The number of hydrazine groups is 1. The van der Waals surface area contributed by atoms with E-state index >= 15 is 0 Å². The van der Waals surface area contributed by atoms with Crippen molar-refractivity contribution in [1.82, 2.24) is 30.6 Å². The summed E-state index contributed by atoms with van der Waals surface area (Å²) < 4.78 is 25.2. The summed E-state index contributed by atoms with van der Waals surface area (Å²) in [6, 6.07) is 10.1. The van der Waals surface area contributed by atoms with Crippen molar-refractivity contribution in [3.63, 3.8) is 0 Å². The van der Waals surface area contributed by atoms with Crippen molar-refractivity contribution >= 4 is 29.4 Å². The summed E-state index contributed by atoms with van der Waals surface area (Å²) in [4.78, 5) is 37.2. The fourth-order valence-electron chi connectivity index (χ4n) is 3.54. The molecule has 0 radical (unpaired) electrons. The highest BCUT2D eigenvalue weighted by atomic mass is 35.5. The minimum absolute atomic E-state index is 0.0142. The van der Waals surface area contributed by atoms with Crippen LogP contribution in [0.1, 0.15) is 37.0 Å². The Balaban J connectivity index is 1.76. The van der Waals surface area contributed by atoms with Crippen LogP contribution in [0.4, 0.5) is 4.39 Å². The minimum Gasteiger partial charge on any atom is -0.464 e. The maximum Gasteiger partial charge on any atom is 0.336 e. The first kappa shape index (κ1) is 31.5. The molecule has 2 aromatic carbocycles. The van der Waals surface area contributed by atoms with E-state index in [1.165, 1.54) is 23.2 Å². The third-order valence-corrected chi connectivity index (χ3v) is 6.07. The molecule has 1 aromatic heterocycles. The molecule has 3 aromatic rings. The average Bonchev–Trinajstić information content (AvgIpc) is 3.42. The predicted octanol–water partition coefficient (Wildman–Crippen LogP) is 1.69. The normalized spacial score (nSPS) is 12.7. The molecule has 1 amide bonds. The van der Waals surface area contributed by atoms with Crippen molar-refractivity contribution in [2.24, 2.45) is 11.7 Å². The molecule has 0 saturated heterocycles. The van der Waals surface area contributed by atoms with Crippen LogP contribution >= 0.6 is 11.6 Å². The van der Waals surface area contributed by atoms with Crippen LogP contribution in [0.15, 0.2) is 42.5 Å². The smallest absolute Gasteiger partial charge is 0.336 e. The first-order valence-corrected chi connectivity index (χ1v) is 13.0. The van der Waals surface area contributed by atoms with Gasteiger partial charge in [0.15, 0.2) is 12.8 Å². The topological polar surface area (TPSA) is 175 Å². The summed E-state index contributed by atoms with van der Waals surface area (Å²) in [5.41, 5.74) is 9.85. The molecule has 0 saturated carbocycles. The Labute approximate surface area is 240 Å². The van der Waals surface area contributed by atoms with E-state index in [1.54, 1.807) is 45.0 Å². The van der Waals surface area contributed by atoms with Gasteiger partial charge in [0.2, 0.25) is 5.82 Å². The van der Waals surface area contributed by atoms with Crippen LogP contribution in [0.2, 0.25) is 5.02 Å². The third-order valence-electron chi connectivity index (χ3n) is 5.83. The summed E-state index contributed by atoms with van der Waals surface area (Å²) in [6.45, 7) is 4.35. The number of esters is 2. The van der Waals surface area contributed by atoms with E-state index in [0.29, 0.717) is 21.7 Å². The van der Waals surface area contributed by atoms with Crippen molar-refractivity contribution < 1.29 is 33.4 Å². The summed E-state index contributed by atoms with van der Waals surface area (Å²) in [5.74, 6) is -3.30. The fourth-order valence-corrected chi connectivity index (χ4v) is 3.71. The van der Waals surface area contributed by atoms with Gasteiger partial charge in [-0.3, -0.25) is 15.0 Å². The zero-order chi connectivity index (χ0) is 30.1. The Morgan fingerprint density at radius 1 is 1.15 bits per heavy atom. The van der Waals surface area contributed by atoms with E-state index in [0.717, 1.165) is 4.68 Å². The van der Waals surface area contributed by atoms with Crippen LogP contribution in [0.5, 0.6) is 0 Å². The van der Waals surface area contributed by atoms with Gasteiger partial charge in [-0.15, -0.1) is 5.10 Å². The molecule has 41 heavy (non-hydrogen) atoms. The van der Waals surface area contributed by atoms with Gasteiger partial charge in [0.1, 0.15) is 11.9 Å². The number of tetrazole rings is 1. The summed E-state index contributed by atoms with van der Waals surface area (Å²) in [6.07, 6.45) is -1.59. The SMILES string of the molecule is CCOC(=O)[C@H](O)CN(Cc1ccc(-c2cc(Cl)ccc2F)cc1)NC(=O)c1nnnn1COC(=O)C(N)C(C)C. The maximum absolute atomic E-state index is 14.3. The summed E-state index contributed by atoms with van der Waals surface area (Å²) in [7, 11) is 0. The number of aliphatic hydroxyl groups is 1. The molecule has 13 nitrogen and oxygen atoms in total.